The number of anilines is 1. The lowest BCUT2D eigenvalue weighted by Gasteiger charge is -2.10. The molecule has 0 atom stereocenters. The molecule has 1 aromatic carbocycles. The molecule has 3 rings (SSSR count). The fourth-order valence-electron chi connectivity index (χ4n) is 2.38. The maximum absolute atomic E-state index is 8.75. The topological polar surface area (TPSA) is 80.2 Å². The number of pyridine rings is 1. The van der Waals surface area contributed by atoms with Crippen molar-refractivity contribution < 1.29 is 9.84 Å². The molecule has 6 nitrogen and oxygen atoms in total. The molecule has 0 fully saturated rings. The molecule has 0 amide bonds. The number of nitrogens with zero attached hydrogens (tertiary/aromatic N) is 3. The first-order chi connectivity index (χ1) is 12.8. The fourth-order valence-corrected chi connectivity index (χ4v) is 2.55. The number of fused-ring (bicyclic) bond motifs is 1. The summed E-state index contributed by atoms with van der Waals surface area (Å²) in [5.41, 5.74) is 1.77. The van der Waals surface area contributed by atoms with Crippen LogP contribution in [0.5, 0.6) is 0 Å². The van der Waals surface area contributed by atoms with Crippen LogP contribution in [0.4, 0.5) is 5.82 Å². The summed E-state index contributed by atoms with van der Waals surface area (Å²) in [5.74, 6) is 1.28. The smallest absolute Gasteiger partial charge is 0.154 e. The van der Waals surface area contributed by atoms with Gasteiger partial charge in [0, 0.05) is 29.3 Å². The van der Waals surface area contributed by atoms with E-state index in [1.165, 1.54) is 0 Å². The zero-order valence-corrected chi connectivity index (χ0v) is 14.9. The summed E-state index contributed by atoms with van der Waals surface area (Å²) < 4.78 is 5.27. The number of aliphatic hydroxyl groups excluding tert-OH is 1. The van der Waals surface area contributed by atoms with Crippen LogP contribution in [-0.2, 0) is 4.74 Å². The van der Waals surface area contributed by atoms with Gasteiger partial charge in [0.25, 0.3) is 0 Å². The van der Waals surface area contributed by atoms with E-state index in [0.717, 1.165) is 16.5 Å². The third-order valence-corrected chi connectivity index (χ3v) is 3.79. The number of aromatic nitrogens is 3. The van der Waals surface area contributed by atoms with Gasteiger partial charge in [-0.25, -0.2) is 9.97 Å². The molecule has 0 bridgehead atoms. The molecule has 0 radical (unpaired) electrons. The molecule has 26 heavy (non-hydrogen) atoms. The molecular formula is C19H19ClN4O2. The number of aliphatic hydroxyl groups is 1. The van der Waals surface area contributed by atoms with E-state index in [-0.39, 0.29) is 6.61 Å². The van der Waals surface area contributed by atoms with E-state index < -0.39 is 0 Å². The SMILES string of the molecule is OCCOCCNc1nc(C=Cc2cccnc2)nc2ccc(Cl)cc12. The normalized spacial score (nSPS) is 11.3. The van der Waals surface area contributed by atoms with E-state index in [4.69, 9.17) is 21.4 Å². The highest BCUT2D eigenvalue weighted by Crippen LogP contribution is 2.24. The predicted octanol–water partition coefficient (Wildman–Crippen LogP) is 3.27. The van der Waals surface area contributed by atoms with Gasteiger partial charge in [0.2, 0.25) is 0 Å². The van der Waals surface area contributed by atoms with Crippen molar-refractivity contribution in [2.24, 2.45) is 0 Å². The molecule has 0 aliphatic carbocycles. The molecule has 2 aromatic heterocycles. The minimum atomic E-state index is 0.00926. The van der Waals surface area contributed by atoms with Gasteiger partial charge in [-0.3, -0.25) is 4.98 Å². The van der Waals surface area contributed by atoms with Crippen molar-refractivity contribution in [1.82, 2.24) is 15.0 Å². The third kappa shape index (κ3) is 4.98. The highest BCUT2D eigenvalue weighted by Gasteiger charge is 2.07. The van der Waals surface area contributed by atoms with Crippen molar-refractivity contribution in [3.05, 3.63) is 59.1 Å². The monoisotopic (exact) mass is 370 g/mol. The molecule has 2 heterocycles. The Morgan fingerprint density at radius 2 is 2.08 bits per heavy atom. The van der Waals surface area contributed by atoms with Gasteiger partial charge in [-0.2, -0.15) is 0 Å². The quantitative estimate of drug-likeness (QED) is 0.592. The fraction of sp³-hybridized carbons (Fsp3) is 0.211. The van der Waals surface area contributed by atoms with E-state index in [0.29, 0.717) is 36.4 Å². The minimum absolute atomic E-state index is 0.00926. The second-order valence-electron chi connectivity index (χ2n) is 5.47. The Labute approximate surface area is 156 Å². The number of rotatable bonds is 8. The van der Waals surface area contributed by atoms with Gasteiger partial charge in [-0.05, 0) is 42.0 Å². The Bertz CT molecular complexity index is 887. The molecular weight excluding hydrogens is 352 g/mol. The average molecular weight is 371 g/mol. The van der Waals surface area contributed by atoms with Crippen molar-refractivity contribution in [3.63, 3.8) is 0 Å². The van der Waals surface area contributed by atoms with Crippen LogP contribution < -0.4 is 5.32 Å². The Morgan fingerprint density at radius 3 is 2.88 bits per heavy atom. The highest BCUT2D eigenvalue weighted by molar-refractivity contribution is 6.31. The first-order valence-corrected chi connectivity index (χ1v) is 8.62. The van der Waals surface area contributed by atoms with E-state index >= 15 is 0 Å². The van der Waals surface area contributed by atoms with Crippen LogP contribution in [-0.4, -0.2) is 46.4 Å². The van der Waals surface area contributed by atoms with Gasteiger partial charge in [0.15, 0.2) is 5.82 Å². The van der Waals surface area contributed by atoms with Crippen LogP contribution >= 0.6 is 11.6 Å². The van der Waals surface area contributed by atoms with Gasteiger partial charge >= 0.3 is 0 Å². The summed E-state index contributed by atoms with van der Waals surface area (Å²) in [6, 6.07) is 9.35. The number of hydrogen-bond donors (Lipinski definition) is 2. The van der Waals surface area contributed by atoms with Gasteiger partial charge in [0.1, 0.15) is 5.82 Å². The number of benzene rings is 1. The van der Waals surface area contributed by atoms with Gasteiger partial charge < -0.3 is 15.2 Å². The number of halogens is 1. The van der Waals surface area contributed by atoms with Crippen molar-refractivity contribution in [2.75, 3.05) is 31.7 Å². The molecule has 3 aromatic rings. The Kier molecular flexibility index (Phi) is 6.49. The summed E-state index contributed by atoms with van der Waals surface area (Å²) in [6.07, 6.45) is 7.26. The maximum atomic E-state index is 8.75. The zero-order chi connectivity index (χ0) is 18.2. The summed E-state index contributed by atoms with van der Waals surface area (Å²) in [7, 11) is 0. The number of hydrogen-bond acceptors (Lipinski definition) is 6. The second kappa shape index (κ2) is 9.24. The maximum Gasteiger partial charge on any atom is 0.154 e. The standard InChI is InChI=1S/C19H19ClN4O2/c20-15-4-5-17-16(12-15)19(22-8-10-26-11-9-25)24-18(23-17)6-3-14-2-1-7-21-13-14/h1-7,12-13,25H,8-11H2,(H,22,23,24). The van der Waals surface area contributed by atoms with Crippen LogP contribution in [0, 0.1) is 0 Å². The van der Waals surface area contributed by atoms with Gasteiger partial charge in [-0.15, -0.1) is 0 Å². The number of ether oxygens (including phenoxy) is 1. The summed E-state index contributed by atoms with van der Waals surface area (Å²) >= 11 is 6.12. The zero-order valence-electron chi connectivity index (χ0n) is 14.1. The largest absolute Gasteiger partial charge is 0.394 e. The molecule has 0 saturated carbocycles. The van der Waals surface area contributed by atoms with Crippen molar-refractivity contribution in [2.45, 2.75) is 0 Å². The van der Waals surface area contributed by atoms with Crippen LogP contribution in [0.15, 0.2) is 42.7 Å². The van der Waals surface area contributed by atoms with E-state index in [1.807, 2.05) is 36.4 Å². The number of nitrogens with one attached hydrogen (secondary N) is 1. The van der Waals surface area contributed by atoms with Crippen LogP contribution in [0.3, 0.4) is 0 Å². The Morgan fingerprint density at radius 1 is 1.15 bits per heavy atom. The first kappa shape index (κ1) is 18.3. The molecule has 134 valence electrons. The third-order valence-electron chi connectivity index (χ3n) is 3.56. The molecule has 0 spiro atoms. The van der Waals surface area contributed by atoms with Crippen molar-refractivity contribution in [3.8, 4) is 0 Å². The van der Waals surface area contributed by atoms with Crippen LogP contribution in [0.1, 0.15) is 11.4 Å². The highest BCUT2D eigenvalue weighted by atomic mass is 35.5. The van der Waals surface area contributed by atoms with Crippen molar-refractivity contribution >= 4 is 40.5 Å². The average Bonchev–Trinajstić information content (AvgIpc) is 2.67. The van der Waals surface area contributed by atoms with Crippen LogP contribution in [0.2, 0.25) is 5.02 Å². The predicted molar refractivity (Wildman–Crippen MR) is 104 cm³/mol. The molecule has 0 aliphatic heterocycles. The van der Waals surface area contributed by atoms with E-state index in [1.54, 1.807) is 18.5 Å². The molecule has 0 saturated heterocycles. The van der Waals surface area contributed by atoms with Gasteiger partial charge in [0.05, 0.1) is 25.3 Å². The van der Waals surface area contributed by atoms with E-state index in [9.17, 15) is 0 Å². The Balaban J connectivity index is 1.85. The summed E-state index contributed by atoms with van der Waals surface area (Å²) in [6.45, 7) is 1.35. The lowest BCUT2D eigenvalue weighted by atomic mass is 10.2. The van der Waals surface area contributed by atoms with Gasteiger partial charge in [-0.1, -0.05) is 17.7 Å². The minimum Gasteiger partial charge on any atom is -0.394 e. The lowest BCUT2D eigenvalue weighted by Crippen LogP contribution is -2.13. The summed E-state index contributed by atoms with van der Waals surface area (Å²) in [4.78, 5) is 13.2. The molecule has 0 unspecified atom stereocenters. The summed E-state index contributed by atoms with van der Waals surface area (Å²) in [5, 5.41) is 13.5. The molecule has 7 heteroatoms. The second-order valence-corrected chi connectivity index (χ2v) is 5.91. The van der Waals surface area contributed by atoms with E-state index in [2.05, 4.69) is 20.3 Å². The van der Waals surface area contributed by atoms with Crippen LogP contribution in [0.25, 0.3) is 23.1 Å². The lowest BCUT2D eigenvalue weighted by molar-refractivity contribution is 0.0992. The Hall–Kier alpha value is -2.54. The van der Waals surface area contributed by atoms with Crippen molar-refractivity contribution in [1.29, 1.82) is 0 Å². The molecule has 0 aliphatic rings. The first-order valence-electron chi connectivity index (χ1n) is 8.24. The molecule has 2 N–H and O–H groups in total.